The number of rotatable bonds is 7. The van der Waals surface area contributed by atoms with E-state index in [0.29, 0.717) is 12.4 Å². The minimum atomic E-state index is -0.409. The van der Waals surface area contributed by atoms with Crippen molar-refractivity contribution >= 4 is 11.4 Å². The van der Waals surface area contributed by atoms with Gasteiger partial charge in [0.2, 0.25) is 0 Å². The summed E-state index contributed by atoms with van der Waals surface area (Å²) in [7, 11) is 0. The Morgan fingerprint density at radius 1 is 1.35 bits per heavy atom. The second kappa shape index (κ2) is 6.73. The van der Waals surface area contributed by atoms with Crippen LogP contribution in [0.5, 0.6) is 5.75 Å². The smallest absolute Gasteiger partial charge is 0.275 e. The molecule has 0 aliphatic heterocycles. The van der Waals surface area contributed by atoms with Crippen LogP contribution < -0.4 is 10.1 Å². The first-order chi connectivity index (χ1) is 8.17. The van der Waals surface area contributed by atoms with E-state index in [1.165, 1.54) is 12.1 Å². The molecule has 0 unspecified atom stereocenters. The van der Waals surface area contributed by atoms with Gasteiger partial charge in [-0.3, -0.25) is 10.1 Å². The Labute approximate surface area is 101 Å². The van der Waals surface area contributed by atoms with Crippen LogP contribution in [-0.2, 0) is 0 Å². The zero-order valence-electron chi connectivity index (χ0n) is 10.2. The van der Waals surface area contributed by atoms with E-state index in [9.17, 15) is 10.1 Å². The zero-order chi connectivity index (χ0) is 12.7. The third kappa shape index (κ3) is 4.30. The fraction of sp³-hybridized carbons (Fsp3) is 0.500. The van der Waals surface area contributed by atoms with E-state index in [4.69, 9.17) is 4.74 Å². The molecule has 0 radical (unpaired) electrons. The number of ether oxygens (including phenoxy) is 1. The molecule has 0 spiro atoms. The molecule has 0 bridgehead atoms. The zero-order valence-corrected chi connectivity index (χ0v) is 10.2. The molecule has 0 saturated heterocycles. The third-order valence-corrected chi connectivity index (χ3v) is 2.27. The van der Waals surface area contributed by atoms with Crippen molar-refractivity contribution in [2.75, 3.05) is 18.5 Å². The normalized spacial score (nSPS) is 10.0. The predicted molar refractivity (Wildman–Crippen MR) is 67.7 cm³/mol. The van der Waals surface area contributed by atoms with Gasteiger partial charge < -0.3 is 10.1 Å². The molecule has 94 valence electrons. The Balaban J connectivity index is 2.83. The summed E-state index contributed by atoms with van der Waals surface area (Å²) in [5, 5.41) is 13.9. The average molecular weight is 238 g/mol. The molecule has 0 heterocycles. The predicted octanol–water partition coefficient (Wildman–Crippen LogP) is 3.21. The van der Waals surface area contributed by atoms with Gasteiger partial charge in [0.05, 0.1) is 17.6 Å². The number of nitro groups is 1. The van der Waals surface area contributed by atoms with E-state index in [1.54, 1.807) is 6.07 Å². The molecule has 0 saturated carbocycles. The Morgan fingerprint density at radius 3 is 2.71 bits per heavy atom. The Kier molecular flexibility index (Phi) is 5.26. The molecule has 1 aromatic carbocycles. The number of nitrogens with zero attached hydrogens (tertiary/aromatic N) is 1. The second-order valence-electron chi connectivity index (χ2n) is 3.69. The molecule has 1 aromatic rings. The van der Waals surface area contributed by atoms with Gasteiger partial charge in [-0.25, -0.2) is 0 Å². The fourth-order valence-corrected chi connectivity index (χ4v) is 1.45. The molecular weight excluding hydrogens is 220 g/mol. The van der Waals surface area contributed by atoms with E-state index in [2.05, 4.69) is 12.2 Å². The molecule has 17 heavy (non-hydrogen) atoms. The maximum Gasteiger partial charge on any atom is 0.275 e. The van der Waals surface area contributed by atoms with Crippen LogP contribution in [0.1, 0.15) is 26.7 Å². The summed E-state index contributed by atoms with van der Waals surface area (Å²) in [5.41, 5.74) is 0.783. The lowest BCUT2D eigenvalue weighted by molar-refractivity contribution is -0.384. The fourth-order valence-electron chi connectivity index (χ4n) is 1.45. The monoisotopic (exact) mass is 238 g/mol. The largest absolute Gasteiger partial charge is 0.494 e. The van der Waals surface area contributed by atoms with Gasteiger partial charge in [-0.1, -0.05) is 13.3 Å². The lowest BCUT2D eigenvalue weighted by atomic mass is 10.2. The van der Waals surface area contributed by atoms with Crippen LogP contribution in [0.25, 0.3) is 0 Å². The maximum atomic E-state index is 10.8. The number of hydrogen-bond donors (Lipinski definition) is 1. The number of anilines is 1. The van der Waals surface area contributed by atoms with E-state index >= 15 is 0 Å². The number of hydrogen-bond acceptors (Lipinski definition) is 4. The van der Waals surface area contributed by atoms with Crippen molar-refractivity contribution in [3.63, 3.8) is 0 Å². The van der Waals surface area contributed by atoms with E-state index in [1.807, 2.05) is 6.92 Å². The summed E-state index contributed by atoms with van der Waals surface area (Å²) >= 11 is 0. The number of benzene rings is 1. The van der Waals surface area contributed by atoms with Crippen molar-refractivity contribution < 1.29 is 9.66 Å². The van der Waals surface area contributed by atoms with Crippen LogP contribution in [-0.4, -0.2) is 18.1 Å². The van der Waals surface area contributed by atoms with Crippen molar-refractivity contribution in [1.29, 1.82) is 0 Å². The molecule has 1 N–H and O–H groups in total. The van der Waals surface area contributed by atoms with Gasteiger partial charge in [0.25, 0.3) is 5.69 Å². The molecule has 5 nitrogen and oxygen atoms in total. The Bertz CT molecular complexity index is 380. The van der Waals surface area contributed by atoms with E-state index in [0.717, 1.165) is 25.1 Å². The van der Waals surface area contributed by atoms with Crippen LogP contribution in [0.2, 0.25) is 0 Å². The van der Waals surface area contributed by atoms with Crippen molar-refractivity contribution in [3.8, 4) is 5.75 Å². The molecule has 5 heteroatoms. The maximum absolute atomic E-state index is 10.8. The minimum absolute atomic E-state index is 0.0509. The lowest BCUT2D eigenvalue weighted by Crippen LogP contribution is -2.02. The molecule has 0 aliphatic rings. The van der Waals surface area contributed by atoms with Crippen LogP contribution in [0.3, 0.4) is 0 Å². The van der Waals surface area contributed by atoms with Gasteiger partial charge in [-0.2, -0.15) is 0 Å². The molecular formula is C12H18N2O3. The van der Waals surface area contributed by atoms with Gasteiger partial charge in [0.1, 0.15) is 5.75 Å². The highest BCUT2D eigenvalue weighted by molar-refractivity contribution is 5.56. The average Bonchev–Trinajstić information content (AvgIpc) is 2.29. The second-order valence-corrected chi connectivity index (χ2v) is 3.69. The first-order valence-electron chi connectivity index (χ1n) is 5.83. The number of nitro benzene ring substituents is 1. The SMILES string of the molecule is CCCCNc1cc(OCC)cc([N+](=O)[O-])c1. The molecule has 0 atom stereocenters. The summed E-state index contributed by atoms with van der Waals surface area (Å²) in [6.07, 6.45) is 2.12. The number of nitrogens with one attached hydrogen (secondary N) is 1. The highest BCUT2D eigenvalue weighted by Crippen LogP contribution is 2.26. The van der Waals surface area contributed by atoms with Crippen LogP contribution in [0, 0.1) is 10.1 Å². The number of non-ortho nitro benzene ring substituents is 1. The summed E-state index contributed by atoms with van der Waals surface area (Å²) in [6.45, 7) is 5.25. The van der Waals surface area contributed by atoms with Gasteiger partial charge in [-0.05, 0) is 13.3 Å². The van der Waals surface area contributed by atoms with E-state index < -0.39 is 4.92 Å². The summed E-state index contributed by atoms with van der Waals surface area (Å²) in [4.78, 5) is 10.4. The van der Waals surface area contributed by atoms with E-state index in [-0.39, 0.29) is 5.69 Å². The quantitative estimate of drug-likeness (QED) is 0.450. The van der Waals surface area contributed by atoms with Crippen LogP contribution in [0.15, 0.2) is 18.2 Å². The van der Waals surface area contributed by atoms with Crippen molar-refractivity contribution in [3.05, 3.63) is 28.3 Å². The molecule has 0 aromatic heterocycles. The summed E-state index contributed by atoms with van der Waals surface area (Å²) < 4.78 is 5.30. The van der Waals surface area contributed by atoms with Gasteiger partial charge in [0, 0.05) is 24.4 Å². The van der Waals surface area contributed by atoms with Crippen molar-refractivity contribution in [1.82, 2.24) is 0 Å². The molecule has 0 amide bonds. The topological polar surface area (TPSA) is 64.4 Å². The highest BCUT2D eigenvalue weighted by atomic mass is 16.6. The first-order valence-corrected chi connectivity index (χ1v) is 5.83. The van der Waals surface area contributed by atoms with Crippen molar-refractivity contribution in [2.24, 2.45) is 0 Å². The van der Waals surface area contributed by atoms with Crippen LogP contribution in [0.4, 0.5) is 11.4 Å². The third-order valence-electron chi connectivity index (χ3n) is 2.27. The Hall–Kier alpha value is -1.78. The van der Waals surface area contributed by atoms with Crippen LogP contribution >= 0.6 is 0 Å². The highest BCUT2D eigenvalue weighted by Gasteiger charge is 2.10. The standard InChI is InChI=1S/C12H18N2O3/c1-3-5-6-13-10-7-11(14(15)16)9-12(8-10)17-4-2/h7-9,13H,3-6H2,1-2H3. The molecule has 1 rings (SSSR count). The summed E-state index contributed by atoms with van der Waals surface area (Å²) in [6, 6.07) is 4.75. The molecule has 0 fully saturated rings. The lowest BCUT2D eigenvalue weighted by Gasteiger charge is -2.08. The summed E-state index contributed by atoms with van der Waals surface area (Å²) in [5.74, 6) is 0.528. The minimum Gasteiger partial charge on any atom is -0.494 e. The molecule has 0 aliphatic carbocycles. The van der Waals surface area contributed by atoms with Gasteiger partial charge >= 0.3 is 0 Å². The van der Waals surface area contributed by atoms with Gasteiger partial charge in [-0.15, -0.1) is 0 Å². The first kappa shape index (κ1) is 13.3. The van der Waals surface area contributed by atoms with Gasteiger partial charge in [0.15, 0.2) is 0 Å². The Morgan fingerprint density at radius 2 is 2.12 bits per heavy atom. The number of unbranched alkanes of at least 4 members (excludes halogenated alkanes) is 1. The van der Waals surface area contributed by atoms with Crippen molar-refractivity contribution in [2.45, 2.75) is 26.7 Å².